The van der Waals surface area contributed by atoms with E-state index in [1.807, 2.05) is 37.3 Å². The second-order valence-electron chi connectivity index (χ2n) is 4.97. The van der Waals surface area contributed by atoms with Crippen LogP contribution in [0.25, 0.3) is 0 Å². The van der Waals surface area contributed by atoms with Crippen LogP contribution in [0.1, 0.15) is 25.0 Å². The number of aromatic nitrogens is 1. The highest BCUT2D eigenvalue weighted by Crippen LogP contribution is 2.10. The number of nitrogens with zero attached hydrogens (tertiary/aromatic N) is 2. The molecule has 130 valence electrons. The number of hydrogen-bond acceptors (Lipinski definition) is 3. The summed E-state index contributed by atoms with van der Waals surface area (Å²) >= 11 is 0. The van der Waals surface area contributed by atoms with E-state index in [1.54, 1.807) is 6.20 Å². The average Bonchev–Trinajstić information content (AvgIpc) is 2.59. The lowest BCUT2D eigenvalue weighted by atomic mass is 10.2. The Balaban J connectivity index is 0.00000288. The molecular weight excluding hydrogens is 415 g/mol. The number of hydrogen-bond donors (Lipinski definition) is 2. The van der Waals surface area contributed by atoms with Gasteiger partial charge in [0.15, 0.2) is 5.96 Å². The highest BCUT2D eigenvalue weighted by atomic mass is 127. The lowest BCUT2D eigenvalue weighted by molar-refractivity contribution is 0.326. The Hall–Kier alpha value is -1.83. The first-order valence-corrected chi connectivity index (χ1v) is 7.95. The summed E-state index contributed by atoms with van der Waals surface area (Å²) in [6.45, 7) is 6.75. The van der Waals surface area contributed by atoms with Gasteiger partial charge >= 0.3 is 0 Å². The van der Waals surface area contributed by atoms with E-state index in [-0.39, 0.29) is 24.0 Å². The third-order valence-electron chi connectivity index (χ3n) is 3.16. The molecule has 0 fully saturated rings. The Kier molecular flexibility index (Phi) is 9.83. The van der Waals surface area contributed by atoms with Gasteiger partial charge in [-0.3, -0.25) is 0 Å². The van der Waals surface area contributed by atoms with Gasteiger partial charge in [0.2, 0.25) is 5.88 Å². The fourth-order valence-corrected chi connectivity index (χ4v) is 2.07. The molecule has 0 atom stereocenters. The Bertz CT molecular complexity index is 619. The van der Waals surface area contributed by atoms with E-state index in [1.165, 1.54) is 5.56 Å². The maximum absolute atomic E-state index is 5.42. The molecule has 0 aliphatic heterocycles. The van der Waals surface area contributed by atoms with Crippen LogP contribution in [0.3, 0.4) is 0 Å². The third kappa shape index (κ3) is 7.16. The summed E-state index contributed by atoms with van der Waals surface area (Å²) in [5.74, 6) is 1.44. The fourth-order valence-electron chi connectivity index (χ4n) is 2.07. The minimum atomic E-state index is 0. The molecule has 0 aliphatic rings. The molecule has 24 heavy (non-hydrogen) atoms. The van der Waals surface area contributed by atoms with Gasteiger partial charge in [-0.25, -0.2) is 9.98 Å². The Morgan fingerprint density at radius 3 is 2.58 bits per heavy atom. The Morgan fingerprint density at radius 2 is 1.88 bits per heavy atom. The minimum absolute atomic E-state index is 0. The van der Waals surface area contributed by atoms with Gasteiger partial charge in [0.1, 0.15) is 0 Å². The maximum atomic E-state index is 5.42. The first-order valence-electron chi connectivity index (χ1n) is 7.95. The molecule has 2 rings (SSSR count). The van der Waals surface area contributed by atoms with Crippen molar-refractivity contribution in [2.24, 2.45) is 4.99 Å². The zero-order valence-corrected chi connectivity index (χ0v) is 16.5. The summed E-state index contributed by atoms with van der Waals surface area (Å²) < 4.78 is 5.42. The average molecular weight is 440 g/mol. The Labute approximate surface area is 161 Å². The molecule has 0 unspecified atom stereocenters. The smallest absolute Gasteiger partial charge is 0.213 e. The molecular formula is C18H25IN4O. The molecule has 2 aromatic rings. The number of benzene rings is 1. The molecule has 1 heterocycles. The van der Waals surface area contributed by atoms with Crippen molar-refractivity contribution in [3.05, 3.63) is 59.8 Å². The number of aliphatic imine (C=N–C) groups is 1. The molecule has 0 radical (unpaired) electrons. The number of rotatable bonds is 7. The monoisotopic (exact) mass is 440 g/mol. The summed E-state index contributed by atoms with van der Waals surface area (Å²) in [6, 6.07) is 14.1. The number of guanidine groups is 1. The van der Waals surface area contributed by atoms with Gasteiger partial charge in [-0.15, -0.1) is 24.0 Å². The maximum Gasteiger partial charge on any atom is 0.213 e. The summed E-state index contributed by atoms with van der Waals surface area (Å²) in [5, 5.41) is 6.59. The molecule has 1 aromatic carbocycles. The molecule has 0 saturated heterocycles. The van der Waals surface area contributed by atoms with E-state index in [2.05, 4.69) is 39.7 Å². The van der Waals surface area contributed by atoms with Crippen LogP contribution in [-0.4, -0.2) is 24.1 Å². The van der Waals surface area contributed by atoms with Gasteiger partial charge in [0.05, 0.1) is 13.2 Å². The highest BCUT2D eigenvalue weighted by molar-refractivity contribution is 14.0. The van der Waals surface area contributed by atoms with Crippen LogP contribution < -0.4 is 15.4 Å². The van der Waals surface area contributed by atoms with Crippen LogP contribution in [0, 0.1) is 0 Å². The zero-order chi connectivity index (χ0) is 16.3. The number of ether oxygens (including phenoxy) is 1. The van der Waals surface area contributed by atoms with E-state index < -0.39 is 0 Å². The first kappa shape index (κ1) is 20.2. The molecule has 2 N–H and O–H groups in total. The number of nitrogens with one attached hydrogen (secondary N) is 2. The van der Waals surface area contributed by atoms with E-state index in [4.69, 9.17) is 4.74 Å². The van der Waals surface area contributed by atoms with Gasteiger partial charge in [-0.05, 0) is 31.0 Å². The highest BCUT2D eigenvalue weighted by Gasteiger charge is 2.00. The van der Waals surface area contributed by atoms with Crippen LogP contribution in [0.2, 0.25) is 0 Å². The van der Waals surface area contributed by atoms with Crippen molar-refractivity contribution in [3.63, 3.8) is 0 Å². The lowest BCUT2D eigenvalue weighted by Gasteiger charge is -2.11. The van der Waals surface area contributed by atoms with Gasteiger partial charge in [0, 0.05) is 25.4 Å². The van der Waals surface area contributed by atoms with Gasteiger partial charge < -0.3 is 15.4 Å². The topological polar surface area (TPSA) is 58.5 Å². The SMILES string of the molecule is CCNC(=NCc1ccnc(OCC)c1)NCc1ccccc1.I. The van der Waals surface area contributed by atoms with Gasteiger partial charge in [-0.2, -0.15) is 0 Å². The summed E-state index contributed by atoms with van der Waals surface area (Å²) in [4.78, 5) is 8.78. The number of pyridine rings is 1. The largest absolute Gasteiger partial charge is 0.478 e. The lowest BCUT2D eigenvalue weighted by Crippen LogP contribution is -2.36. The van der Waals surface area contributed by atoms with Crippen LogP contribution in [-0.2, 0) is 13.1 Å². The first-order chi connectivity index (χ1) is 11.3. The van der Waals surface area contributed by atoms with Gasteiger partial charge in [0.25, 0.3) is 0 Å². The molecule has 0 amide bonds. The van der Waals surface area contributed by atoms with E-state index in [9.17, 15) is 0 Å². The normalized spacial score (nSPS) is 10.7. The molecule has 0 saturated carbocycles. The van der Waals surface area contributed by atoms with Crippen molar-refractivity contribution in [1.82, 2.24) is 15.6 Å². The second-order valence-corrected chi connectivity index (χ2v) is 4.97. The predicted molar refractivity (Wildman–Crippen MR) is 109 cm³/mol. The molecule has 0 aliphatic carbocycles. The molecule has 0 spiro atoms. The third-order valence-corrected chi connectivity index (χ3v) is 3.16. The van der Waals surface area contributed by atoms with E-state index in [0.717, 1.165) is 24.6 Å². The van der Waals surface area contributed by atoms with Crippen molar-refractivity contribution < 1.29 is 4.74 Å². The summed E-state index contributed by atoms with van der Waals surface area (Å²) in [5.41, 5.74) is 2.29. The number of halogens is 1. The van der Waals surface area contributed by atoms with Crippen molar-refractivity contribution in [1.29, 1.82) is 0 Å². The fraction of sp³-hybridized carbons (Fsp3) is 0.333. The van der Waals surface area contributed by atoms with Gasteiger partial charge in [-0.1, -0.05) is 30.3 Å². The Morgan fingerprint density at radius 1 is 1.08 bits per heavy atom. The van der Waals surface area contributed by atoms with Crippen LogP contribution in [0.4, 0.5) is 0 Å². The molecule has 1 aromatic heterocycles. The minimum Gasteiger partial charge on any atom is -0.478 e. The van der Waals surface area contributed by atoms with Crippen molar-refractivity contribution in [2.75, 3.05) is 13.2 Å². The van der Waals surface area contributed by atoms with E-state index in [0.29, 0.717) is 19.0 Å². The van der Waals surface area contributed by atoms with Crippen LogP contribution in [0.5, 0.6) is 5.88 Å². The quantitative estimate of drug-likeness (QED) is 0.394. The molecule has 6 heteroatoms. The van der Waals surface area contributed by atoms with Crippen molar-refractivity contribution >= 4 is 29.9 Å². The molecule has 0 bridgehead atoms. The second kappa shape index (κ2) is 11.7. The van der Waals surface area contributed by atoms with Crippen LogP contribution >= 0.6 is 24.0 Å². The predicted octanol–water partition coefficient (Wildman–Crippen LogP) is 3.35. The standard InChI is InChI=1S/C18H24N4O.HI/c1-3-19-18(21-13-15-8-6-5-7-9-15)22-14-16-10-11-20-17(12-16)23-4-2;/h5-12H,3-4,13-14H2,1-2H3,(H2,19,21,22);1H. The molecule has 5 nitrogen and oxygen atoms in total. The van der Waals surface area contributed by atoms with Crippen molar-refractivity contribution in [2.45, 2.75) is 26.9 Å². The zero-order valence-electron chi connectivity index (χ0n) is 14.2. The van der Waals surface area contributed by atoms with Crippen molar-refractivity contribution in [3.8, 4) is 5.88 Å². The van der Waals surface area contributed by atoms with Crippen LogP contribution in [0.15, 0.2) is 53.7 Å². The summed E-state index contributed by atoms with van der Waals surface area (Å²) in [7, 11) is 0. The van der Waals surface area contributed by atoms with E-state index >= 15 is 0 Å². The summed E-state index contributed by atoms with van der Waals surface area (Å²) in [6.07, 6.45) is 1.75.